The van der Waals surface area contributed by atoms with Gasteiger partial charge in [-0.05, 0) is 37.0 Å². The first-order valence-electron chi connectivity index (χ1n) is 6.76. The van der Waals surface area contributed by atoms with Crippen LogP contribution < -0.4 is 10.1 Å². The maximum atomic E-state index is 5.41. The fraction of sp³-hybridized carbons (Fsp3) is 0.600. The summed E-state index contributed by atoms with van der Waals surface area (Å²) in [7, 11) is 1.73. The molecule has 0 aromatic heterocycles. The molecule has 0 unspecified atom stereocenters. The molecule has 0 spiro atoms. The predicted octanol–water partition coefficient (Wildman–Crippen LogP) is 4.13. The van der Waals surface area contributed by atoms with Gasteiger partial charge in [-0.25, -0.2) is 0 Å². The Morgan fingerprint density at radius 2 is 2.11 bits per heavy atom. The Morgan fingerprint density at radius 1 is 1.33 bits per heavy atom. The van der Waals surface area contributed by atoms with Crippen molar-refractivity contribution in [2.75, 3.05) is 7.11 Å². The summed E-state index contributed by atoms with van der Waals surface area (Å²) in [6, 6.07) is 6.83. The summed E-state index contributed by atoms with van der Waals surface area (Å²) in [6.45, 7) is 3.24. The second-order valence-corrected chi connectivity index (χ2v) is 6.12. The van der Waals surface area contributed by atoms with Gasteiger partial charge in [0.25, 0.3) is 0 Å². The number of halogens is 1. The highest BCUT2D eigenvalue weighted by Crippen LogP contribution is 2.26. The van der Waals surface area contributed by atoms with Gasteiger partial charge in [0.15, 0.2) is 0 Å². The largest absolute Gasteiger partial charge is 0.496 e. The zero-order valence-corrected chi connectivity index (χ0v) is 12.8. The average molecular weight is 312 g/mol. The molecule has 1 aromatic carbocycles. The summed E-state index contributed by atoms with van der Waals surface area (Å²) < 4.78 is 6.51. The monoisotopic (exact) mass is 311 g/mol. The molecule has 1 aromatic rings. The van der Waals surface area contributed by atoms with Gasteiger partial charge < -0.3 is 10.1 Å². The molecule has 0 bridgehead atoms. The summed E-state index contributed by atoms with van der Waals surface area (Å²) in [4.78, 5) is 0. The molecule has 1 fully saturated rings. The van der Waals surface area contributed by atoms with Gasteiger partial charge >= 0.3 is 0 Å². The quantitative estimate of drug-likeness (QED) is 0.903. The Balaban J connectivity index is 1.98. The molecule has 1 aliphatic carbocycles. The molecule has 0 amide bonds. The molecule has 0 aliphatic heterocycles. The maximum absolute atomic E-state index is 5.41. The topological polar surface area (TPSA) is 21.3 Å². The van der Waals surface area contributed by atoms with E-state index in [1.54, 1.807) is 7.11 Å². The van der Waals surface area contributed by atoms with E-state index in [1.807, 2.05) is 12.1 Å². The Labute approximate surface area is 118 Å². The number of methoxy groups -OCH3 is 1. The smallest absolute Gasteiger partial charge is 0.123 e. The molecule has 0 radical (unpaired) electrons. The zero-order chi connectivity index (χ0) is 13.0. The highest BCUT2D eigenvalue weighted by molar-refractivity contribution is 9.10. The van der Waals surface area contributed by atoms with E-state index in [-0.39, 0.29) is 0 Å². The predicted molar refractivity (Wildman–Crippen MR) is 79.0 cm³/mol. The van der Waals surface area contributed by atoms with Crippen LogP contribution in [0.1, 0.15) is 38.2 Å². The zero-order valence-electron chi connectivity index (χ0n) is 11.2. The van der Waals surface area contributed by atoms with Crippen molar-refractivity contribution in [2.45, 2.75) is 45.2 Å². The third kappa shape index (κ3) is 3.48. The number of rotatable bonds is 4. The molecule has 1 saturated carbocycles. The normalized spacial score (nSPS) is 23.9. The number of hydrogen-bond acceptors (Lipinski definition) is 2. The summed E-state index contributed by atoms with van der Waals surface area (Å²) in [5.41, 5.74) is 1.23. The fourth-order valence-corrected chi connectivity index (χ4v) is 3.15. The van der Waals surface area contributed by atoms with Crippen LogP contribution in [0, 0.1) is 5.92 Å². The van der Waals surface area contributed by atoms with Gasteiger partial charge in [-0.15, -0.1) is 0 Å². The minimum Gasteiger partial charge on any atom is -0.496 e. The third-order valence-electron chi connectivity index (χ3n) is 3.91. The fourth-order valence-electron chi connectivity index (χ4n) is 2.75. The SMILES string of the molecule is COc1ccc(Br)cc1CN[C@@H]1CCCC[C@@H]1C. The highest BCUT2D eigenvalue weighted by Gasteiger charge is 2.20. The molecule has 0 heterocycles. The van der Waals surface area contributed by atoms with Gasteiger partial charge in [0.05, 0.1) is 7.11 Å². The number of benzene rings is 1. The molecule has 3 heteroatoms. The van der Waals surface area contributed by atoms with Crippen molar-refractivity contribution in [3.63, 3.8) is 0 Å². The molecular weight excluding hydrogens is 290 g/mol. The first-order chi connectivity index (χ1) is 8.70. The van der Waals surface area contributed by atoms with Gasteiger partial charge in [0, 0.05) is 22.6 Å². The van der Waals surface area contributed by atoms with Crippen LogP contribution in [0.5, 0.6) is 5.75 Å². The van der Waals surface area contributed by atoms with Crippen molar-refractivity contribution in [3.05, 3.63) is 28.2 Å². The van der Waals surface area contributed by atoms with Crippen molar-refractivity contribution in [2.24, 2.45) is 5.92 Å². The van der Waals surface area contributed by atoms with Crippen LogP contribution in [0.15, 0.2) is 22.7 Å². The van der Waals surface area contributed by atoms with E-state index in [9.17, 15) is 0 Å². The minimum atomic E-state index is 0.655. The first kappa shape index (κ1) is 13.9. The molecule has 2 atom stereocenters. The lowest BCUT2D eigenvalue weighted by molar-refractivity contribution is 0.278. The molecule has 0 saturated heterocycles. The van der Waals surface area contributed by atoms with Crippen LogP contribution in [0.2, 0.25) is 0 Å². The Hall–Kier alpha value is -0.540. The van der Waals surface area contributed by atoms with Crippen LogP contribution in [-0.2, 0) is 6.54 Å². The maximum Gasteiger partial charge on any atom is 0.123 e. The summed E-state index contributed by atoms with van der Waals surface area (Å²) in [5, 5.41) is 3.69. The van der Waals surface area contributed by atoms with Crippen molar-refractivity contribution >= 4 is 15.9 Å². The second-order valence-electron chi connectivity index (χ2n) is 5.21. The van der Waals surface area contributed by atoms with Gasteiger partial charge in [0.1, 0.15) is 5.75 Å². The molecule has 2 rings (SSSR count). The molecule has 1 aliphatic rings. The van der Waals surface area contributed by atoms with Gasteiger partial charge in [0.2, 0.25) is 0 Å². The van der Waals surface area contributed by atoms with Crippen LogP contribution in [0.25, 0.3) is 0 Å². The third-order valence-corrected chi connectivity index (χ3v) is 4.40. The van der Waals surface area contributed by atoms with E-state index in [2.05, 4.69) is 34.2 Å². The lowest BCUT2D eigenvalue weighted by Crippen LogP contribution is -2.36. The lowest BCUT2D eigenvalue weighted by atomic mass is 9.86. The summed E-state index contributed by atoms with van der Waals surface area (Å²) >= 11 is 3.52. The van der Waals surface area contributed by atoms with Gasteiger partial charge in [-0.2, -0.15) is 0 Å². The standard InChI is InChI=1S/C15H22BrNO/c1-11-5-3-4-6-14(11)17-10-12-9-13(16)7-8-15(12)18-2/h7-9,11,14,17H,3-6,10H2,1-2H3/t11-,14+/m0/s1. The number of nitrogens with one attached hydrogen (secondary N) is 1. The van der Waals surface area contributed by atoms with Crippen molar-refractivity contribution in [3.8, 4) is 5.75 Å². The number of hydrogen-bond donors (Lipinski definition) is 1. The Morgan fingerprint density at radius 3 is 2.83 bits per heavy atom. The van der Waals surface area contributed by atoms with Gasteiger partial charge in [-0.3, -0.25) is 0 Å². The average Bonchev–Trinajstić information content (AvgIpc) is 2.38. The Kier molecular flexibility index (Phi) is 5.07. The van der Waals surface area contributed by atoms with Crippen molar-refractivity contribution in [1.82, 2.24) is 5.32 Å². The van der Waals surface area contributed by atoms with E-state index in [0.29, 0.717) is 6.04 Å². The van der Waals surface area contributed by atoms with Crippen LogP contribution >= 0.6 is 15.9 Å². The van der Waals surface area contributed by atoms with E-state index < -0.39 is 0 Å². The van der Waals surface area contributed by atoms with Crippen LogP contribution in [0.3, 0.4) is 0 Å². The van der Waals surface area contributed by atoms with Crippen LogP contribution in [0.4, 0.5) is 0 Å². The van der Waals surface area contributed by atoms with E-state index >= 15 is 0 Å². The molecule has 100 valence electrons. The van der Waals surface area contributed by atoms with Crippen LogP contribution in [-0.4, -0.2) is 13.2 Å². The summed E-state index contributed by atoms with van der Waals surface area (Å²) in [6.07, 6.45) is 5.40. The Bertz CT molecular complexity index is 394. The highest BCUT2D eigenvalue weighted by atomic mass is 79.9. The molecule has 2 nitrogen and oxygen atoms in total. The second kappa shape index (κ2) is 6.58. The minimum absolute atomic E-state index is 0.655. The van der Waals surface area contributed by atoms with E-state index in [0.717, 1.165) is 22.7 Å². The van der Waals surface area contributed by atoms with Crippen molar-refractivity contribution in [1.29, 1.82) is 0 Å². The molecular formula is C15H22BrNO. The lowest BCUT2D eigenvalue weighted by Gasteiger charge is -2.30. The first-order valence-corrected chi connectivity index (χ1v) is 7.56. The molecule has 1 N–H and O–H groups in total. The van der Waals surface area contributed by atoms with E-state index in [4.69, 9.17) is 4.74 Å². The van der Waals surface area contributed by atoms with Gasteiger partial charge in [-0.1, -0.05) is 35.7 Å². The van der Waals surface area contributed by atoms with E-state index in [1.165, 1.54) is 31.2 Å². The van der Waals surface area contributed by atoms with Crippen molar-refractivity contribution < 1.29 is 4.74 Å². The molecule has 18 heavy (non-hydrogen) atoms. The summed E-state index contributed by atoms with van der Waals surface area (Å²) in [5.74, 6) is 1.76. The number of ether oxygens (including phenoxy) is 1.